The Labute approximate surface area is 184 Å². The highest BCUT2D eigenvalue weighted by atomic mass is 16.2. The second kappa shape index (κ2) is 8.37. The van der Waals surface area contributed by atoms with Crippen LogP contribution in [-0.4, -0.2) is 46.0 Å². The quantitative estimate of drug-likeness (QED) is 0.537. The summed E-state index contributed by atoms with van der Waals surface area (Å²) in [7, 11) is 1.98. The van der Waals surface area contributed by atoms with Crippen molar-refractivity contribution in [2.75, 3.05) is 29.9 Å². The molecule has 0 aliphatic carbocycles. The van der Waals surface area contributed by atoms with E-state index in [-0.39, 0.29) is 11.5 Å². The SMILES string of the molecule is CN1CCCN(C(=O)CCCc2nc3ccccc3c(=O)[nH]2)c2nc3ccccc3nc21. The Morgan fingerprint density at radius 2 is 1.62 bits per heavy atom. The average Bonchev–Trinajstić information content (AvgIpc) is 2.96. The molecule has 0 fully saturated rings. The molecule has 4 aromatic rings. The molecule has 8 nitrogen and oxygen atoms in total. The Morgan fingerprint density at radius 3 is 2.41 bits per heavy atom. The van der Waals surface area contributed by atoms with Crippen LogP contribution >= 0.6 is 0 Å². The summed E-state index contributed by atoms with van der Waals surface area (Å²) >= 11 is 0. The molecule has 3 heterocycles. The first-order valence-electron chi connectivity index (χ1n) is 10.9. The average molecular weight is 428 g/mol. The number of hydrogen-bond donors (Lipinski definition) is 1. The number of aryl methyl sites for hydroxylation is 1. The molecule has 5 rings (SSSR count). The van der Waals surface area contributed by atoms with Gasteiger partial charge < -0.3 is 9.88 Å². The minimum absolute atomic E-state index is 0.00858. The van der Waals surface area contributed by atoms with Gasteiger partial charge in [0.1, 0.15) is 5.82 Å². The molecular weight excluding hydrogens is 404 g/mol. The number of rotatable bonds is 4. The lowest BCUT2D eigenvalue weighted by Crippen LogP contribution is -2.32. The smallest absolute Gasteiger partial charge is 0.258 e. The number of anilines is 2. The van der Waals surface area contributed by atoms with Gasteiger partial charge in [-0.2, -0.15) is 0 Å². The fraction of sp³-hybridized carbons (Fsp3) is 0.292. The fourth-order valence-electron chi connectivity index (χ4n) is 4.13. The number of amides is 1. The summed E-state index contributed by atoms with van der Waals surface area (Å²) in [6, 6.07) is 15.0. The zero-order valence-corrected chi connectivity index (χ0v) is 17.9. The first-order valence-corrected chi connectivity index (χ1v) is 10.9. The van der Waals surface area contributed by atoms with Crippen LogP contribution in [0.3, 0.4) is 0 Å². The van der Waals surface area contributed by atoms with Crippen LogP contribution in [0.5, 0.6) is 0 Å². The molecule has 0 saturated heterocycles. The highest BCUT2D eigenvalue weighted by Gasteiger charge is 2.26. The third-order valence-corrected chi connectivity index (χ3v) is 5.79. The van der Waals surface area contributed by atoms with Gasteiger partial charge in [0.15, 0.2) is 11.6 Å². The molecule has 162 valence electrons. The van der Waals surface area contributed by atoms with Gasteiger partial charge in [-0.3, -0.25) is 14.5 Å². The van der Waals surface area contributed by atoms with Gasteiger partial charge in [-0.15, -0.1) is 0 Å². The monoisotopic (exact) mass is 428 g/mol. The number of carbonyl (C=O) groups is 1. The molecule has 1 aliphatic rings. The van der Waals surface area contributed by atoms with Crippen molar-refractivity contribution in [2.45, 2.75) is 25.7 Å². The van der Waals surface area contributed by atoms with E-state index in [1.54, 1.807) is 11.0 Å². The van der Waals surface area contributed by atoms with Crippen molar-refractivity contribution < 1.29 is 4.79 Å². The third-order valence-electron chi connectivity index (χ3n) is 5.79. The van der Waals surface area contributed by atoms with Crippen molar-refractivity contribution in [3.05, 3.63) is 64.7 Å². The normalized spacial score (nSPS) is 13.9. The predicted octanol–water partition coefficient (Wildman–Crippen LogP) is 3.06. The number of fused-ring (bicyclic) bond motifs is 3. The van der Waals surface area contributed by atoms with Crippen molar-refractivity contribution in [3.8, 4) is 0 Å². The standard InChI is InChI=1S/C24H24N6O2/c1-29-14-7-15-30(23-22(29)26-18-10-4-5-11-19(18)27-23)21(31)13-6-12-20-25-17-9-3-2-8-16(17)24(32)28-20/h2-5,8-11H,6-7,12-15H2,1H3,(H,25,28,32). The van der Waals surface area contributed by atoms with Crippen molar-refractivity contribution in [2.24, 2.45) is 0 Å². The van der Waals surface area contributed by atoms with Crippen LogP contribution < -0.4 is 15.4 Å². The molecule has 1 aliphatic heterocycles. The highest BCUT2D eigenvalue weighted by molar-refractivity contribution is 5.96. The molecule has 2 aromatic carbocycles. The number of hydrogen-bond acceptors (Lipinski definition) is 6. The molecule has 0 spiro atoms. The van der Waals surface area contributed by atoms with Crippen molar-refractivity contribution in [3.63, 3.8) is 0 Å². The second-order valence-electron chi connectivity index (χ2n) is 8.06. The maximum Gasteiger partial charge on any atom is 0.258 e. The van der Waals surface area contributed by atoms with Crippen molar-refractivity contribution >= 4 is 39.5 Å². The van der Waals surface area contributed by atoms with Gasteiger partial charge in [0, 0.05) is 33.0 Å². The zero-order valence-electron chi connectivity index (χ0n) is 17.9. The number of para-hydroxylation sites is 3. The van der Waals surface area contributed by atoms with E-state index < -0.39 is 0 Å². The van der Waals surface area contributed by atoms with Gasteiger partial charge in [0.05, 0.1) is 21.9 Å². The van der Waals surface area contributed by atoms with Crippen LogP contribution in [0.2, 0.25) is 0 Å². The van der Waals surface area contributed by atoms with E-state index in [1.165, 1.54) is 0 Å². The molecule has 2 aromatic heterocycles. The van der Waals surface area contributed by atoms with Crippen molar-refractivity contribution in [1.29, 1.82) is 0 Å². The van der Waals surface area contributed by atoms with Crippen LogP contribution in [0.15, 0.2) is 53.3 Å². The van der Waals surface area contributed by atoms with Crippen LogP contribution in [0.1, 0.15) is 25.1 Å². The molecule has 0 saturated carbocycles. The molecule has 0 radical (unpaired) electrons. The summed E-state index contributed by atoms with van der Waals surface area (Å²) in [5.41, 5.74) is 2.11. The van der Waals surface area contributed by atoms with Gasteiger partial charge in [-0.25, -0.2) is 15.0 Å². The van der Waals surface area contributed by atoms with Gasteiger partial charge in [0.2, 0.25) is 5.91 Å². The van der Waals surface area contributed by atoms with Gasteiger partial charge in [-0.1, -0.05) is 24.3 Å². The Balaban J connectivity index is 1.35. The summed E-state index contributed by atoms with van der Waals surface area (Å²) in [6.07, 6.45) is 2.29. The molecule has 1 N–H and O–H groups in total. The minimum atomic E-state index is -0.149. The summed E-state index contributed by atoms with van der Waals surface area (Å²) in [5.74, 6) is 1.96. The summed E-state index contributed by atoms with van der Waals surface area (Å²) in [4.78, 5) is 46.2. The zero-order chi connectivity index (χ0) is 22.1. The number of nitrogens with one attached hydrogen (secondary N) is 1. The summed E-state index contributed by atoms with van der Waals surface area (Å²) in [6.45, 7) is 1.42. The first kappa shape index (κ1) is 20.1. The lowest BCUT2D eigenvalue weighted by molar-refractivity contribution is -0.118. The molecule has 0 unspecified atom stereocenters. The van der Waals surface area contributed by atoms with Gasteiger partial charge in [-0.05, 0) is 37.1 Å². The van der Waals surface area contributed by atoms with Crippen LogP contribution in [-0.2, 0) is 11.2 Å². The number of H-pyrrole nitrogens is 1. The predicted molar refractivity (Wildman–Crippen MR) is 125 cm³/mol. The van der Waals surface area contributed by atoms with Crippen LogP contribution in [0, 0.1) is 0 Å². The Kier molecular flexibility index (Phi) is 5.26. The number of aromatic amines is 1. The molecule has 8 heteroatoms. The van der Waals surface area contributed by atoms with Crippen molar-refractivity contribution in [1.82, 2.24) is 19.9 Å². The lowest BCUT2D eigenvalue weighted by atomic mass is 10.2. The van der Waals surface area contributed by atoms with Crippen LogP contribution in [0.4, 0.5) is 11.6 Å². The third kappa shape index (κ3) is 3.79. The summed E-state index contributed by atoms with van der Waals surface area (Å²) < 4.78 is 0. The second-order valence-corrected chi connectivity index (χ2v) is 8.06. The van der Waals surface area contributed by atoms with E-state index in [0.29, 0.717) is 48.4 Å². The maximum atomic E-state index is 13.2. The van der Waals surface area contributed by atoms with E-state index >= 15 is 0 Å². The molecule has 1 amide bonds. The topological polar surface area (TPSA) is 95.1 Å². The minimum Gasteiger partial charge on any atom is -0.357 e. The largest absolute Gasteiger partial charge is 0.357 e. The molecule has 0 bridgehead atoms. The number of carbonyl (C=O) groups excluding carboxylic acids is 1. The van der Waals surface area contributed by atoms with E-state index in [0.717, 1.165) is 29.8 Å². The number of nitrogens with zero attached hydrogens (tertiary/aromatic N) is 5. The Hall–Kier alpha value is -3.81. The fourth-order valence-corrected chi connectivity index (χ4v) is 4.13. The van der Waals surface area contributed by atoms with E-state index in [4.69, 9.17) is 9.97 Å². The molecule has 0 atom stereocenters. The lowest BCUT2D eigenvalue weighted by Gasteiger charge is -2.22. The number of aromatic nitrogens is 4. The maximum absolute atomic E-state index is 13.2. The Bertz CT molecular complexity index is 1370. The van der Waals surface area contributed by atoms with Gasteiger partial charge in [0.25, 0.3) is 5.56 Å². The van der Waals surface area contributed by atoms with E-state index in [1.807, 2.05) is 49.5 Å². The molecular formula is C24H24N6O2. The van der Waals surface area contributed by atoms with Gasteiger partial charge >= 0.3 is 0 Å². The summed E-state index contributed by atoms with van der Waals surface area (Å²) in [5, 5.41) is 0.573. The Morgan fingerprint density at radius 1 is 0.938 bits per heavy atom. The number of benzene rings is 2. The molecule has 32 heavy (non-hydrogen) atoms. The van der Waals surface area contributed by atoms with E-state index in [2.05, 4.69) is 14.9 Å². The van der Waals surface area contributed by atoms with Crippen LogP contribution in [0.25, 0.3) is 21.9 Å². The first-order chi connectivity index (χ1) is 15.6. The van der Waals surface area contributed by atoms with E-state index in [9.17, 15) is 9.59 Å². The highest BCUT2D eigenvalue weighted by Crippen LogP contribution is 2.30.